The molecule has 0 aromatic carbocycles. The summed E-state index contributed by atoms with van der Waals surface area (Å²) in [7, 11) is 0. The molecule has 0 unspecified atom stereocenters. The standard InChI is InChI=1S/C8H9ClN2O.C5H10O2/c1-5-2-6(4-9)11-7(3-5)8(10)12;1-5(2,3)7-4-6/h2-3H,4H2,1H3,(H2,10,12);4H,1-3H3. The zero-order valence-corrected chi connectivity index (χ0v) is 12.3. The Balaban J connectivity index is 0.000000399. The van der Waals surface area contributed by atoms with Gasteiger partial charge in [-0.05, 0) is 45.4 Å². The summed E-state index contributed by atoms with van der Waals surface area (Å²) in [6.07, 6.45) is 0. The third kappa shape index (κ3) is 8.15. The number of amides is 1. The van der Waals surface area contributed by atoms with E-state index < -0.39 is 5.91 Å². The van der Waals surface area contributed by atoms with Crippen LogP contribution in [0.25, 0.3) is 0 Å². The van der Waals surface area contributed by atoms with Gasteiger partial charge in [0, 0.05) is 0 Å². The number of aromatic nitrogens is 1. The van der Waals surface area contributed by atoms with E-state index >= 15 is 0 Å². The van der Waals surface area contributed by atoms with E-state index in [-0.39, 0.29) is 11.3 Å². The van der Waals surface area contributed by atoms with Crippen LogP contribution in [0.1, 0.15) is 42.5 Å². The van der Waals surface area contributed by atoms with Crippen molar-refractivity contribution >= 4 is 24.0 Å². The lowest BCUT2D eigenvalue weighted by Crippen LogP contribution is -2.17. The number of carbonyl (C=O) groups excluding carboxylic acids is 2. The van der Waals surface area contributed by atoms with Gasteiger partial charge in [0.2, 0.25) is 0 Å². The fourth-order valence-corrected chi connectivity index (χ4v) is 1.22. The minimum absolute atomic E-state index is 0.269. The van der Waals surface area contributed by atoms with Gasteiger partial charge in [-0.2, -0.15) is 0 Å². The molecule has 0 aliphatic carbocycles. The van der Waals surface area contributed by atoms with Crippen molar-refractivity contribution in [1.29, 1.82) is 0 Å². The van der Waals surface area contributed by atoms with Crippen LogP contribution in [0.4, 0.5) is 0 Å². The molecule has 19 heavy (non-hydrogen) atoms. The Morgan fingerprint density at radius 2 is 2.05 bits per heavy atom. The van der Waals surface area contributed by atoms with E-state index in [2.05, 4.69) is 9.72 Å². The van der Waals surface area contributed by atoms with Gasteiger partial charge in [-0.1, -0.05) is 0 Å². The Morgan fingerprint density at radius 3 is 2.37 bits per heavy atom. The molecule has 1 aromatic heterocycles. The summed E-state index contributed by atoms with van der Waals surface area (Å²) in [5.74, 6) is -0.229. The van der Waals surface area contributed by atoms with Crippen LogP contribution in [-0.2, 0) is 15.4 Å². The summed E-state index contributed by atoms with van der Waals surface area (Å²) >= 11 is 5.56. The smallest absolute Gasteiger partial charge is 0.293 e. The van der Waals surface area contributed by atoms with Crippen molar-refractivity contribution < 1.29 is 14.3 Å². The first-order valence-electron chi connectivity index (χ1n) is 5.64. The molecule has 0 spiro atoms. The Kier molecular flexibility index (Phi) is 7.08. The summed E-state index contributed by atoms with van der Waals surface area (Å²) in [5, 5.41) is 0. The predicted molar refractivity (Wildman–Crippen MR) is 74.0 cm³/mol. The maximum Gasteiger partial charge on any atom is 0.293 e. The number of rotatable bonds is 3. The fraction of sp³-hybridized carbons (Fsp3) is 0.462. The van der Waals surface area contributed by atoms with Crippen molar-refractivity contribution in [2.75, 3.05) is 0 Å². The highest BCUT2D eigenvalue weighted by atomic mass is 35.5. The number of aryl methyl sites for hydroxylation is 1. The van der Waals surface area contributed by atoms with Crippen LogP contribution in [0.3, 0.4) is 0 Å². The second-order valence-electron chi connectivity index (χ2n) is 4.85. The van der Waals surface area contributed by atoms with Crippen molar-refractivity contribution in [3.63, 3.8) is 0 Å². The molecule has 1 heterocycles. The van der Waals surface area contributed by atoms with Crippen molar-refractivity contribution in [2.45, 2.75) is 39.2 Å². The molecule has 0 aliphatic rings. The number of alkyl halides is 1. The quantitative estimate of drug-likeness (QED) is 0.682. The first-order valence-corrected chi connectivity index (χ1v) is 6.18. The van der Waals surface area contributed by atoms with Crippen molar-refractivity contribution in [3.05, 3.63) is 29.1 Å². The predicted octanol–water partition coefficient (Wildman–Crippen LogP) is 2.19. The zero-order chi connectivity index (χ0) is 15.1. The van der Waals surface area contributed by atoms with E-state index in [0.717, 1.165) is 5.56 Å². The van der Waals surface area contributed by atoms with Gasteiger partial charge in [-0.15, -0.1) is 11.6 Å². The third-order valence-corrected chi connectivity index (χ3v) is 2.09. The largest absolute Gasteiger partial charge is 0.462 e. The number of ether oxygens (including phenoxy) is 1. The second kappa shape index (κ2) is 7.74. The van der Waals surface area contributed by atoms with E-state index in [0.29, 0.717) is 18.0 Å². The molecule has 1 amide bonds. The fourth-order valence-electron chi connectivity index (χ4n) is 1.08. The van der Waals surface area contributed by atoms with Gasteiger partial charge in [-0.3, -0.25) is 9.59 Å². The molecule has 1 rings (SSSR count). The van der Waals surface area contributed by atoms with Crippen molar-refractivity contribution in [1.82, 2.24) is 4.98 Å². The van der Waals surface area contributed by atoms with Crippen molar-refractivity contribution in [3.8, 4) is 0 Å². The van der Waals surface area contributed by atoms with Gasteiger partial charge in [0.1, 0.15) is 11.3 Å². The Hall–Kier alpha value is -1.62. The zero-order valence-electron chi connectivity index (χ0n) is 11.6. The highest BCUT2D eigenvalue weighted by Gasteiger charge is 2.07. The van der Waals surface area contributed by atoms with Crippen molar-refractivity contribution in [2.24, 2.45) is 5.73 Å². The summed E-state index contributed by atoms with van der Waals surface area (Å²) in [5.41, 5.74) is 6.62. The third-order valence-electron chi connectivity index (χ3n) is 1.81. The lowest BCUT2D eigenvalue weighted by molar-refractivity contribution is -0.138. The first-order chi connectivity index (χ1) is 8.69. The monoisotopic (exact) mass is 286 g/mol. The van der Waals surface area contributed by atoms with E-state index in [1.165, 1.54) is 0 Å². The highest BCUT2D eigenvalue weighted by Crippen LogP contribution is 2.06. The molecule has 0 saturated heterocycles. The molecule has 0 saturated carbocycles. The Labute approximate surface area is 118 Å². The Morgan fingerprint density at radius 1 is 1.47 bits per heavy atom. The van der Waals surface area contributed by atoms with Gasteiger partial charge in [-0.25, -0.2) is 4.98 Å². The van der Waals surface area contributed by atoms with E-state index in [1.54, 1.807) is 6.07 Å². The number of primary amides is 1. The summed E-state index contributed by atoms with van der Waals surface area (Å²) in [6.45, 7) is 7.79. The Bertz CT molecular complexity index is 442. The summed E-state index contributed by atoms with van der Waals surface area (Å²) in [6, 6.07) is 3.46. The maximum atomic E-state index is 10.7. The van der Waals surface area contributed by atoms with Gasteiger partial charge in [0.25, 0.3) is 12.4 Å². The number of hydrogen-bond donors (Lipinski definition) is 1. The number of pyridine rings is 1. The average molecular weight is 287 g/mol. The molecule has 1 aromatic rings. The normalized spacial score (nSPS) is 10.2. The number of hydrogen-bond acceptors (Lipinski definition) is 4. The summed E-state index contributed by atoms with van der Waals surface area (Å²) < 4.78 is 4.55. The highest BCUT2D eigenvalue weighted by molar-refractivity contribution is 6.16. The topological polar surface area (TPSA) is 82.3 Å². The van der Waals surface area contributed by atoms with Gasteiger partial charge in [0.15, 0.2) is 0 Å². The molecule has 0 atom stereocenters. The number of nitrogens with two attached hydrogens (primary N) is 1. The molecular formula is C13H19ClN2O3. The van der Waals surface area contributed by atoms with Crippen LogP contribution in [0.2, 0.25) is 0 Å². The molecule has 6 heteroatoms. The summed E-state index contributed by atoms with van der Waals surface area (Å²) in [4.78, 5) is 24.3. The molecule has 0 aliphatic heterocycles. The first kappa shape index (κ1) is 17.4. The van der Waals surface area contributed by atoms with E-state index in [9.17, 15) is 9.59 Å². The SMILES string of the molecule is CC(C)(C)OC=O.Cc1cc(CCl)nc(C(N)=O)c1. The lowest BCUT2D eigenvalue weighted by atomic mass is 10.2. The van der Waals surface area contributed by atoms with Crippen LogP contribution in [0.15, 0.2) is 12.1 Å². The van der Waals surface area contributed by atoms with Crippen LogP contribution < -0.4 is 5.73 Å². The molecule has 2 N–H and O–H groups in total. The van der Waals surface area contributed by atoms with E-state index in [1.807, 2.05) is 33.8 Å². The van der Waals surface area contributed by atoms with Crippen LogP contribution in [0.5, 0.6) is 0 Å². The van der Waals surface area contributed by atoms with Gasteiger partial charge >= 0.3 is 0 Å². The minimum Gasteiger partial charge on any atom is -0.462 e. The molecule has 0 bridgehead atoms. The van der Waals surface area contributed by atoms with Crippen LogP contribution in [0, 0.1) is 6.92 Å². The van der Waals surface area contributed by atoms with Gasteiger partial charge < -0.3 is 10.5 Å². The van der Waals surface area contributed by atoms with E-state index in [4.69, 9.17) is 17.3 Å². The molecule has 0 fully saturated rings. The average Bonchev–Trinajstić information content (AvgIpc) is 2.27. The number of halogens is 1. The number of nitrogens with zero attached hydrogens (tertiary/aromatic N) is 1. The van der Waals surface area contributed by atoms with Gasteiger partial charge in [0.05, 0.1) is 11.6 Å². The lowest BCUT2D eigenvalue weighted by Gasteiger charge is -2.14. The number of carbonyl (C=O) groups is 2. The molecule has 5 nitrogen and oxygen atoms in total. The minimum atomic E-state index is -0.523. The molecule has 0 radical (unpaired) electrons. The van der Waals surface area contributed by atoms with Crippen LogP contribution >= 0.6 is 11.6 Å². The molecule has 106 valence electrons. The second-order valence-corrected chi connectivity index (χ2v) is 5.11. The molecular weight excluding hydrogens is 268 g/mol. The maximum absolute atomic E-state index is 10.7. The van der Waals surface area contributed by atoms with Crippen LogP contribution in [-0.4, -0.2) is 23.0 Å².